The third-order valence-corrected chi connectivity index (χ3v) is 18.6. The molecule has 0 bridgehead atoms. The van der Waals surface area contributed by atoms with Crippen molar-refractivity contribution in [1.82, 2.24) is 30.1 Å². The zero-order chi connectivity index (χ0) is 43.2. The van der Waals surface area contributed by atoms with Crippen LogP contribution in [0.3, 0.4) is 0 Å². The zero-order valence-electron chi connectivity index (χ0n) is 35.3. The second-order valence-corrected chi connectivity index (χ2v) is 24.6. The molecule has 60 heavy (non-hydrogen) atoms. The molecule has 2 saturated carbocycles. The van der Waals surface area contributed by atoms with Crippen molar-refractivity contribution in [3.8, 4) is 11.6 Å². The molecule has 4 N–H and O–H groups in total. The first-order valence-electron chi connectivity index (χ1n) is 21.2. The molecule has 2 aromatic rings. The van der Waals surface area contributed by atoms with Gasteiger partial charge in [-0.05, 0) is 13.0 Å². The van der Waals surface area contributed by atoms with E-state index in [1.165, 1.54) is 24.2 Å². The number of likely N-dealkylation sites (tertiary alicyclic amines) is 2. The number of halogens is 1. The molecule has 330 valence electrons. The molecule has 3 saturated heterocycles. The Bertz CT molecular complexity index is 2120. The van der Waals surface area contributed by atoms with E-state index in [1.807, 2.05) is 24.3 Å². The molecule has 15 nitrogen and oxygen atoms in total. The minimum atomic E-state index is -4.00. The molecule has 4 heterocycles. The summed E-state index contributed by atoms with van der Waals surface area (Å²) < 4.78 is 39.0. The van der Waals surface area contributed by atoms with Gasteiger partial charge < -0.3 is 4.90 Å². The van der Waals surface area contributed by atoms with Crippen LogP contribution in [-0.2, 0) is 30.8 Å². The van der Waals surface area contributed by atoms with Gasteiger partial charge in [0.05, 0.1) is 0 Å². The molecule has 5 atom stereocenters. The van der Waals surface area contributed by atoms with E-state index in [1.54, 1.807) is 33.8 Å². The van der Waals surface area contributed by atoms with Gasteiger partial charge in [0.2, 0.25) is 0 Å². The molecule has 5 fully saturated rings. The number of carbonyl (C=O) groups is 4. The Morgan fingerprint density at radius 1 is 1.08 bits per heavy atom. The van der Waals surface area contributed by atoms with Gasteiger partial charge in [-0.15, -0.1) is 0 Å². The van der Waals surface area contributed by atoms with Crippen LogP contribution in [0.4, 0.5) is 4.79 Å². The summed E-state index contributed by atoms with van der Waals surface area (Å²) in [6.07, 6.45) is 7.85. The number of carbonyl (C=O) groups excluding carboxylic acids is 3. The summed E-state index contributed by atoms with van der Waals surface area (Å²) in [5.41, 5.74) is 0.630. The maximum absolute atomic E-state index is 14.5. The fourth-order valence-corrected chi connectivity index (χ4v) is 12.5. The number of hydrogen-bond acceptors (Lipinski definition) is 10. The molecule has 1 aromatic carbocycles. The number of benzene rings is 1. The van der Waals surface area contributed by atoms with Gasteiger partial charge in [-0.3, -0.25) is 0 Å². The number of alkyl halides is 2. The molecule has 3 aliphatic heterocycles. The molecule has 2 aliphatic carbocycles. The average molecular weight is 964 g/mol. The number of amides is 4. The van der Waals surface area contributed by atoms with Gasteiger partial charge in [-0.1, -0.05) is 31.7 Å². The Kier molecular flexibility index (Phi) is 12.7. The van der Waals surface area contributed by atoms with Gasteiger partial charge in [0, 0.05) is 19.0 Å². The van der Waals surface area contributed by atoms with Crippen molar-refractivity contribution in [3.63, 3.8) is 0 Å². The fourth-order valence-electron chi connectivity index (χ4n) is 8.32. The van der Waals surface area contributed by atoms with E-state index >= 15 is 0 Å². The number of nitrogens with one attached hydrogen (secondary N) is 3. The number of aromatic nitrogens is 1. The van der Waals surface area contributed by atoms with Crippen molar-refractivity contribution in [1.29, 1.82) is 0 Å². The third-order valence-electron chi connectivity index (χ3n) is 12.5. The summed E-state index contributed by atoms with van der Waals surface area (Å²) in [6, 6.07) is 5.36. The molecular weight excluding hydrogens is 903 g/mol. The molecule has 1 unspecified atom stereocenters. The van der Waals surface area contributed by atoms with Gasteiger partial charge in [0.1, 0.15) is 0 Å². The number of fused-ring (bicyclic) bond motifs is 1. The Morgan fingerprint density at radius 3 is 2.42 bits per heavy atom. The topological polar surface area (TPSA) is 197 Å². The molecule has 0 spiro atoms. The Labute approximate surface area is 363 Å². The number of sulfonamides is 1. The van der Waals surface area contributed by atoms with E-state index in [0.717, 1.165) is 55.0 Å². The standard InChI is InChI=1S/C43H60IN6O9S/c1-7-33-43(44-33,39(53)48-60(56,57)42(5)19-20-42)47-36(51)32-21-28(24-50(32)38(52)35(41(2,3)4)46-40(54)55)59-37-30(15-10-8-9-13-26-17-18-26)34(58-25-27-22-49(6)23-27)29-14-11-12-16-31(29)45-37/h7,11-12,14,16,26-28,32-33,35,46H,1,8-10,13,15,17-25H2,2-6H3,(H,47,51)(H,48,53)(H,54,55)/q-1/t28?,32-,33-,35+,43+/m0/s1. The molecule has 7 rings (SSSR count). The first-order chi connectivity index (χ1) is 28.3. The van der Waals surface area contributed by atoms with Crippen LogP contribution in [0, 0.1) is 17.3 Å². The van der Waals surface area contributed by atoms with E-state index < -0.39 is 90.9 Å². The summed E-state index contributed by atoms with van der Waals surface area (Å²) >= 11 is -1.09. The minimum absolute atomic E-state index is 0.00653. The number of ether oxygens (including phenoxy) is 2. The van der Waals surface area contributed by atoms with Crippen LogP contribution >= 0.6 is 0 Å². The van der Waals surface area contributed by atoms with E-state index in [2.05, 4.69) is 33.9 Å². The second-order valence-electron chi connectivity index (χ2n) is 18.7. The van der Waals surface area contributed by atoms with Crippen LogP contribution in [0.1, 0.15) is 91.0 Å². The number of hydrogen-bond donors (Lipinski definition) is 4. The van der Waals surface area contributed by atoms with Gasteiger partial charge in [-0.25, -0.2) is 0 Å². The maximum atomic E-state index is 14.5. The summed E-state index contributed by atoms with van der Waals surface area (Å²) in [5.74, 6) is 0.222. The van der Waals surface area contributed by atoms with Crippen molar-refractivity contribution >= 4 is 44.7 Å². The van der Waals surface area contributed by atoms with Gasteiger partial charge in [0.25, 0.3) is 0 Å². The van der Waals surface area contributed by atoms with E-state index in [9.17, 15) is 32.7 Å². The van der Waals surface area contributed by atoms with Crippen molar-refractivity contribution in [2.75, 3.05) is 33.3 Å². The molecule has 4 amide bonds. The van der Waals surface area contributed by atoms with Crippen LogP contribution < -0.4 is 46.0 Å². The number of carboxylic acid groups (broad SMARTS) is 1. The third kappa shape index (κ3) is 9.67. The molecular formula is C43H60IN6O9S-. The zero-order valence-corrected chi connectivity index (χ0v) is 38.3. The number of unbranched alkanes of at least 4 members (excludes halogenated alkanes) is 2. The Hall–Kier alpha value is -3.71. The summed E-state index contributed by atoms with van der Waals surface area (Å²) in [6.45, 7) is 12.9. The first kappa shape index (κ1) is 44.3. The Morgan fingerprint density at radius 2 is 1.80 bits per heavy atom. The number of nitrogens with zero attached hydrogens (tertiary/aromatic N) is 3. The molecule has 0 radical (unpaired) electrons. The van der Waals surface area contributed by atoms with Gasteiger partial charge >= 0.3 is 297 Å². The normalized spacial score (nSPS) is 25.6. The Balaban J connectivity index is 1.19. The van der Waals surface area contributed by atoms with Crippen molar-refractivity contribution < 1.29 is 63.4 Å². The quantitative estimate of drug-likeness (QED) is 0.0520. The molecule has 17 heteroatoms. The first-order valence-corrected chi connectivity index (χ1v) is 25.0. The van der Waals surface area contributed by atoms with E-state index in [0.29, 0.717) is 43.2 Å². The van der Waals surface area contributed by atoms with Crippen LogP contribution in [-0.4, -0.2) is 116 Å². The number of rotatable bonds is 19. The fraction of sp³-hybridized carbons (Fsp3) is 0.651. The van der Waals surface area contributed by atoms with Gasteiger partial charge in [-0.2, -0.15) is 0 Å². The summed E-state index contributed by atoms with van der Waals surface area (Å²) in [5, 5.41) is 15.9. The predicted molar refractivity (Wildman–Crippen MR) is 222 cm³/mol. The van der Waals surface area contributed by atoms with Gasteiger partial charge in [0.15, 0.2) is 0 Å². The van der Waals surface area contributed by atoms with Crippen LogP contribution in [0.2, 0.25) is 0 Å². The monoisotopic (exact) mass is 963 g/mol. The van der Waals surface area contributed by atoms with Crippen molar-refractivity contribution in [2.45, 2.75) is 122 Å². The SMILES string of the molecule is C=C[C@@H]1[I-][C@]1(NC(=O)[C@@H]1CC(Oc2nc3ccccc3c(OCC3CN(C)C3)c2CCCCCC2CC2)CN1C(=O)[C@@H](NC(=O)O)C(C)(C)C)C(=O)NS(=O)(=O)C1(C)CC1. The number of pyridine rings is 1. The van der Waals surface area contributed by atoms with E-state index in [-0.39, 0.29) is 13.0 Å². The average Bonchev–Trinajstić information content (AvgIpc) is 4.12. The summed E-state index contributed by atoms with van der Waals surface area (Å²) in [4.78, 5) is 63.4. The van der Waals surface area contributed by atoms with Crippen molar-refractivity contribution in [3.05, 3.63) is 42.5 Å². The summed E-state index contributed by atoms with van der Waals surface area (Å²) in [7, 11) is -1.92. The predicted octanol–water partition coefficient (Wildman–Crippen LogP) is 1.19. The van der Waals surface area contributed by atoms with Crippen molar-refractivity contribution in [2.24, 2.45) is 17.3 Å². The van der Waals surface area contributed by atoms with Crippen LogP contribution in [0.5, 0.6) is 11.6 Å². The number of para-hydroxylation sites is 1. The van der Waals surface area contributed by atoms with Crippen LogP contribution in [0.25, 0.3) is 10.9 Å². The molecule has 5 aliphatic rings. The molecule has 1 aromatic heterocycles. The van der Waals surface area contributed by atoms with E-state index in [4.69, 9.17) is 14.5 Å². The second kappa shape index (κ2) is 17.2. The van der Waals surface area contributed by atoms with Crippen LogP contribution in [0.15, 0.2) is 36.9 Å².